The molecule has 0 radical (unpaired) electrons. The lowest BCUT2D eigenvalue weighted by atomic mass is 10.1. The van der Waals surface area contributed by atoms with Gasteiger partial charge in [0.25, 0.3) is 0 Å². The van der Waals surface area contributed by atoms with Gasteiger partial charge >= 0.3 is 0 Å². The molecule has 0 fully saturated rings. The molecule has 0 saturated heterocycles. The van der Waals surface area contributed by atoms with E-state index < -0.39 is 0 Å². The first-order valence-corrected chi connectivity index (χ1v) is 6.06. The molecule has 0 saturated carbocycles. The van der Waals surface area contributed by atoms with Gasteiger partial charge in [0.05, 0.1) is 16.3 Å². The molecule has 2 heterocycles. The third-order valence-electron chi connectivity index (χ3n) is 2.72. The van der Waals surface area contributed by atoms with Crippen LogP contribution >= 0.6 is 11.3 Å². The molecule has 1 aromatic carbocycles. The van der Waals surface area contributed by atoms with Crippen molar-refractivity contribution in [3.8, 4) is 11.3 Å². The molecular formula is C12H11FN2S. The second-order valence-electron chi connectivity index (χ2n) is 3.84. The predicted molar refractivity (Wildman–Crippen MR) is 64.4 cm³/mol. The Labute approximate surface area is 97.2 Å². The maximum atomic E-state index is 13.9. The molecule has 82 valence electrons. The number of anilines is 1. The zero-order chi connectivity index (χ0) is 11.1. The first kappa shape index (κ1) is 9.78. The zero-order valence-corrected chi connectivity index (χ0v) is 9.70. The quantitative estimate of drug-likeness (QED) is 0.757. The molecule has 3 rings (SSSR count). The molecule has 0 atom stereocenters. The molecule has 2 aromatic rings. The number of nitrogens with one attached hydrogen (secondary N) is 1. The SMILES string of the molecule is Cc1nc2c(s1)CCNc1cccc(F)c1-2. The van der Waals surface area contributed by atoms with Crippen LogP contribution in [0.5, 0.6) is 0 Å². The minimum atomic E-state index is -0.196. The van der Waals surface area contributed by atoms with Crippen LogP contribution in [-0.2, 0) is 6.42 Å². The fourth-order valence-corrected chi connectivity index (χ4v) is 3.00. The van der Waals surface area contributed by atoms with Gasteiger partial charge in [-0.3, -0.25) is 0 Å². The fourth-order valence-electron chi connectivity index (χ4n) is 2.06. The molecule has 2 nitrogen and oxygen atoms in total. The van der Waals surface area contributed by atoms with E-state index in [9.17, 15) is 4.39 Å². The van der Waals surface area contributed by atoms with Gasteiger partial charge in [-0.15, -0.1) is 11.3 Å². The van der Waals surface area contributed by atoms with E-state index in [-0.39, 0.29) is 5.82 Å². The van der Waals surface area contributed by atoms with Gasteiger partial charge in [-0.25, -0.2) is 9.37 Å². The Bertz CT molecular complexity index is 548. The van der Waals surface area contributed by atoms with Gasteiger partial charge < -0.3 is 5.32 Å². The first-order valence-electron chi connectivity index (χ1n) is 5.25. The number of halogens is 1. The Balaban J connectivity index is 2.31. The van der Waals surface area contributed by atoms with Crippen LogP contribution in [0.15, 0.2) is 18.2 Å². The Morgan fingerprint density at radius 1 is 1.44 bits per heavy atom. The molecular weight excluding hydrogens is 223 g/mol. The summed E-state index contributed by atoms with van der Waals surface area (Å²) in [6, 6.07) is 5.12. The van der Waals surface area contributed by atoms with Crippen LogP contribution in [0, 0.1) is 12.7 Å². The van der Waals surface area contributed by atoms with Crippen LogP contribution in [0.1, 0.15) is 9.88 Å². The maximum Gasteiger partial charge on any atom is 0.134 e. The van der Waals surface area contributed by atoms with Crippen LogP contribution in [0.3, 0.4) is 0 Å². The van der Waals surface area contributed by atoms with Crippen LogP contribution in [0.25, 0.3) is 11.3 Å². The van der Waals surface area contributed by atoms with Crippen molar-refractivity contribution in [3.63, 3.8) is 0 Å². The minimum Gasteiger partial charge on any atom is -0.384 e. The van der Waals surface area contributed by atoms with E-state index in [1.54, 1.807) is 17.4 Å². The van der Waals surface area contributed by atoms with Crippen LogP contribution < -0.4 is 5.32 Å². The third-order valence-corrected chi connectivity index (χ3v) is 3.75. The second-order valence-corrected chi connectivity index (χ2v) is 5.13. The van der Waals surface area contributed by atoms with Gasteiger partial charge in [0, 0.05) is 23.5 Å². The standard InChI is InChI=1S/C12H11FN2S/c1-7-15-12-10(16-7)5-6-14-9-4-2-3-8(13)11(9)12/h2-4,14H,5-6H2,1H3. The Morgan fingerprint density at radius 2 is 2.31 bits per heavy atom. The second kappa shape index (κ2) is 3.56. The van der Waals surface area contributed by atoms with Gasteiger partial charge in [-0.05, 0) is 19.1 Å². The number of nitrogens with zero attached hydrogens (tertiary/aromatic N) is 1. The minimum absolute atomic E-state index is 0.196. The molecule has 0 aliphatic carbocycles. The highest BCUT2D eigenvalue weighted by Gasteiger charge is 2.20. The summed E-state index contributed by atoms with van der Waals surface area (Å²) in [4.78, 5) is 5.63. The summed E-state index contributed by atoms with van der Waals surface area (Å²) in [6.45, 7) is 2.80. The van der Waals surface area contributed by atoms with Crippen LogP contribution in [0.4, 0.5) is 10.1 Å². The van der Waals surface area contributed by atoms with Crippen molar-refractivity contribution in [1.29, 1.82) is 0 Å². The molecule has 0 unspecified atom stereocenters. The van der Waals surface area contributed by atoms with E-state index in [0.717, 1.165) is 29.4 Å². The normalized spacial score (nSPS) is 13.6. The monoisotopic (exact) mass is 234 g/mol. The third kappa shape index (κ3) is 1.41. The highest BCUT2D eigenvalue weighted by atomic mass is 32.1. The van der Waals surface area contributed by atoms with E-state index in [0.29, 0.717) is 5.56 Å². The van der Waals surface area contributed by atoms with E-state index in [4.69, 9.17) is 0 Å². The Morgan fingerprint density at radius 3 is 3.19 bits per heavy atom. The molecule has 0 bridgehead atoms. The summed E-state index contributed by atoms with van der Waals surface area (Å²) in [5, 5.41) is 4.25. The number of aryl methyl sites for hydroxylation is 1. The number of benzene rings is 1. The van der Waals surface area contributed by atoms with Gasteiger partial charge in [0.1, 0.15) is 5.82 Å². The molecule has 0 amide bonds. The van der Waals surface area contributed by atoms with E-state index in [1.165, 1.54) is 10.9 Å². The molecule has 16 heavy (non-hydrogen) atoms. The predicted octanol–water partition coefficient (Wildman–Crippen LogP) is 3.23. The Kier molecular flexibility index (Phi) is 2.17. The highest BCUT2D eigenvalue weighted by molar-refractivity contribution is 7.12. The summed E-state index contributed by atoms with van der Waals surface area (Å²) < 4.78 is 13.9. The summed E-state index contributed by atoms with van der Waals surface area (Å²) in [6.07, 6.45) is 0.912. The molecule has 1 aromatic heterocycles. The first-order chi connectivity index (χ1) is 7.75. The van der Waals surface area contributed by atoms with E-state index in [1.807, 2.05) is 13.0 Å². The van der Waals surface area contributed by atoms with Gasteiger partial charge in [0.2, 0.25) is 0 Å². The van der Waals surface area contributed by atoms with Gasteiger partial charge in [-0.1, -0.05) is 6.07 Å². The molecule has 1 aliphatic rings. The number of hydrogen-bond acceptors (Lipinski definition) is 3. The highest BCUT2D eigenvalue weighted by Crippen LogP contribution is 2.37. The molecule has 0 spiro atoms. The van der Waals surface area contributed by atoms with Crippen molar-refractivity contribution < 1.29 is 4.39 Å². The number of aromatic nitrogens is 1. The number of fused-ring (bicyclic) bond motifs is 3. The summed E-state index contributed by atoms with van der Waals surface area (Å²) >= 11 is 1.66. The van der Waals surface area contributed by atoms with Crippen molar-refractivity contribution in [2.24, 2.45) is 0 Å². The number of rotatable bonds is 0. The van der Waals surface area contributed by atoms with Crippen molar-refractivity contribution in [1.82, 2.24) is 4.98 Å². The average Bonchev–Trinajstić information content (AvgIpc) is 2.51. The largest absolute Gasteiger partial charge is 0.384 e. The lowest BCUT2D eigenvalue weighted by Gasteiger charge is -2.07. The maximum absolute atomic E-state index is 13.9. The summed E-state index contributed by atoms with van der Waals surface area (Å²) in [7, 11) is 0. The van der Waals surface area contributed by atoms with Crippen LogP contribution in [-0.4, -0.2) is 11.5 Å². The molecule has 1 N–H and O–H groups in total. The van der Waals surface area contributed by atoms with Gasteiger partial charge in [0.15, 0.2) is 0 Å². The number of hydrogen-bond donors (Lipinski definition) is 1. The molecule has 1 aliphatic heterocycles. The summed E-state index contributed by atoms with van der Waals surface area (Å²) in [5.41, 5.74) is 2.30. The van der Waals surface area contributed by atoms with Crippen molar-refractivity contribution >= 4 is 17.0 Å². The van der Waals surface area contributed by atoms with Crippen molar-refractivity contribution in [2.45, 2.75) is 13.3 Å². The van der Waals surface area contributed by atoms with Gasteiger partial charge in [-0.2, -0.15) is 0 Å². The lowest BCUT2D eigenvalue weighted by molar-refractivity contribution is 0.631. The molecule has 4 heteroatoms. The topological polar surface area (TPSA) is 24.9 Å². The zero-order valence-electron chi connectivity index (χ0n) is 8.88. The van der Waals surface area contributed by atoms with Crippen LogP contribution in [0.2, 0.25) is 0 Å². The average molecular weight is 234 g/mol. The van der Waals surface area contributed by atoms with Crippen molar-refractivity contribution in [3.05, 3.63) is 33.9 Å². The van der Waals surface area contributed by atoms with Crippen molar-refractivity contribution in [2.75, 3.05) is 11.9 Å². The number of thiazole rings is 1. The Hall–Kier alpha value is -1.42. The van der Waals surface area contributed by atoms with E-state index >= 15 is 0 Å². The summed E-state index contributed by atoms with van der Waals surface area (Å²) in [5.74, 6) is -0.196. The lowest BCUT2D eigenvalue weighted by Crippen LogP contribution is -2.02. The van der Waals surface area contributed by atoms with E-state index in [2.05, 4.69) is 10.3 Å². The fraction of sp³-hybridized carbons (Fsp3) is 0.250. The smallest absolute Gasteiger partial charge is 0.134 e.